The van der Waals surface area contributed by atoms with Crippen molar-refractivity contribution in [3.8, 4) is 0 Å². The van der Waals surface area contributed by atoms with Gasteiger partial charge in [0.1, 0.15) is 0 Å². The molecule has 1 N–H and O–H groups in total. The molecule has 2 rings (SSSR count). The summed E-state index contributed by atoms with van der Waals surface area (Å²) in [6, 6.07) is 4.21. The second-order valence-corrected chi connectivity index (χ2v) is 3.92. The third kappa shape index (κ3) is 2.15. The van der Waals surface area contributed by atoms with Gasteiger partial charge in [-0.1, -0.05) is 0 Å². The third-order valence-electron chi connectivity index (χ3n) is 2.67. The minimum absolute atomic E-state index is 0.0270. The Balaban J connectivity index is 2.22. The number of hydrogen-bond acceptors (Lipinski definition) is 2. The number of nitrogens with zero attached hydrogens (tertiary/aromatic N) is 1. The van der Waals surface area contributed by atoms with Crippen LogP contribution in [0.2, 0.25) is 0 Å². The summed E-state index contributed by atoms with van der Waals surface area (Å²) in [5.74, 6) is -2.16. The van der Waals surface area contributed by atoms with Gasteiger partial charge in [-0.05, 0) is 23.8 Å². The van der Waals surface area contributed by atoms with Gasteiger partial charge >= 0.3 is 12.1 Å². The zero-order chi connectivity index (χ0) is 13.5. The minimum Gasteiger partial charge on any atom is -0.318 e. The number of likely N-dealkylation sites (N-methyl/N-ethyl adjacent to an activating group) is 1. The van der Waals surface area contributed by atoms with Gasteiger partial charge in [-0.15, -0.1) is 0 Å². The van der Waals surface area contributed by atoms with E-state index in [2.05, 4.69) is 0 Å². The number of rotatable bonds is 1. The number of carbonyl (C=O) groups is 2. The quantitative estimate of drug-likeness (QED) is 0.833. The predicted octanol–water partition coefficient (Wildman–Crippen LogP) is 1.71. The maximum atomic E-state index is 12.1. The molecule has 0 saturated carbocycles. The molecule has 0 bridgehead atoms. The molecule has 0 fully saturated rings. The van der Waals surface area contributed by atoms with E-state index in [-0.39, 0.29) is 18.0 Å². The lowest BCUT2D eigenvalue weighted by molar-refractivity contribution is -0.167. The van der Waals surface area contributed by atoms with E-state index in [4.69, 9.17) is 0 Å². The van der Waals surface area contributed by atoms with E-state index in [0.29, 0.717) is 11.3 Å². The summed E-state index contributed by atoms with van der Waals surface area (Å²) in [5.41, 5.74) is 1.27. The van der Waals surface area contributed by atoms with Gasteiger partial charge < -0.3 is 10.2 Å². The molecule has 0 radical (unpaired) electrons. The first kappa shape index (κ1) is 12.4. The van der Waals surface area contributed by atoms with Crippen molar-refractivity contribution in [2.75, 3.05) is 17.3 Å². The van der Waals surface area contributed by atoms with Crippen LogP contribution in [-0.4, -0.2) is 25.0 Å². The summed E-state index contributed by atoms with van der Waals surface area (Å²) in [6.45, 7) is 0. The van der Waals surface area contributed by atoms with Crippen LogP contribution < -0.4 is 10.2 Å². The monoisotopic (exact) mass is 258 g/mol. The summed E-state index contributed by atoms with van der Waals surface area (Å²) in [5, 5.41) is 1.75. The van der Waals surface area contributed by atoms with Crippen molar-refractivity contribution in [2.24, 2.45) is 0 Å². The van der Waals surface area contributed by atoms with Crippen LogP contribution >= 0.6 is 0 Å². The van der Waals surface area contributed by atoms with E-state index >= 15 is 0 Å². The van der Waals surface area contributed by atoms with Crippen LogP contribution in [0.4, 0.5) is 24.5 Å². The highest BCUT2D eigenvalue weighted by molar-refractivity contribution is 6.02. The molecule has 4 nitrogen and oxygen atoms in total. The van der Waals surface area contributed by atoms with Crippen LogP contribution in [0.25, 0.3) is 0 Å². The maximum absolute atomic E-state index is 12.1. The first-order chi connectivity index (χ1) is 8.29. The molecule has 0 atom stereocenters. The number of benzene rings is 1. The topological polar surface area (TPSA) is 49.4 Å². The molecule has 1 aliphatic rings. The van der Waals surface area contributed by atoms with Gasteiger partial charge in [0.15, 0.2) is 0 Å². The van der Waals surface area contributed by atoms with Crippen LogP contribution in [0.15, 0.2) is 18.2 Å². The zero-order valence-corrected chi connectivity index (χ0v) is 9.34. The molecule has 2 amide bonds. The van der Waals surface area contributed by atoms with Crippen molar-refractivity contribution >= 4 is 23.2 Å². The summed E-state index contributed by atoms with van der Waals surface area (Å²) in [6.07, 6.45) is -4.80. The molecule has 1 aromatic rings. The maximum Gasteiger partial charge on any atom is 0.471 e. The van der Waals surface area contributed by atoms with E-state index in [0.717, 1.165) is 0 Å². The number of carbonyl (C=O) groups excluding carboxylic acids is 2. The average molecular weight is 258 g/mol. The van der Waals surface area contributed by atoms with E-state index in [9.17, 15) is 22.8 Å². The SMILES string of the molecule is CN1C(=O)Cc2cc(NC(=O)C(F)(F)F)ccc21. The molecular formula is C11H9F3N2O2. The third-order valence-corrected chi connectivity index (χ3v) is 2.67. The molecule has 1 aliphatic heterocycles. The highest BCUT2D eigenvalue weighted by atomic mass is 19.4. The second kappa shape index (κ2) is 4.01. The molecule has 7 heteroatoms. The zero-order valence-electron chi connectivity index (χ0n) is 9.34. The second-order valence-electron chi connectivity index (χ2n) is 3.92. The lowest BCUT2D eigenvalue weighted by atomic mass is 10.1. The fourth-order valence-electron chi connectivity index (χ4n) is 1.75. The lowest BCUT2D eigenvalue weighted by Crippen LogP contribution is -2.29. The molecule has 0 unspecified atom stereocenters. The Morgan fingerprint density at radius 2 is 2.06 bits per heavy atom. The first-order valence-corrected chi connectivity index (χ1v) is 5.06. The lowest BCUT2D eigenvalue weighted by Gasteiger charge is -2.11. The number of anilines is 2. The van der Waals surface area contributed by atoms with Crippen molar-refractivity contribution < 1.29 is 22.8 Å². The molecule has 18 heavy (non-hydrogen) atoms. The van der Waals surface area contributed by atoms with Crippen molar-refractivity contribution in [1.82, 2.24) is 0 Å². The Kier molecular flexibility index (Phi) is 2.76. The standard InChI is InChI=1S/C11H9F3N2O2/c1-16-8-3-2-7(4-6(8)5-9(16)17)15-10(18)11(12,13)14/h2-4H,5H2,1H3,(H,15,18). The predicted molar refractivity (Wildman–Crippen MR) is 58.2 cm³/mol. The fourth-order valence-corrected chi connectivity index (χ4v) is 1.75. The van der Waals surface area contributed by atoms with Gasteiger partial charge in [0.25, 0.3) is 0 Å². The number of hydrogen-bond donors (Lipinski definition) is 1. The summed E-state index contributed by atoms with van der Waals surface area (Å²) >= 11 is 0. The van der Waals surface area contributed by atoms with Gasteiger partial charge in [0.05, 0.1) is 6.42 Å². The van der Waals surface area contributed by atoms with Crippen LogP contribution in [0, 0.1) is 0 Å². The smallest absolute Gasteiger partial charge is 0.318 e. The van der Waals surface area contributed by atoms with Crippen LogP contribution in [0.5, 0.6) is 0 Å². The largest absolute Gasteiger partial charge is 0.471 e. The number of alkyl halides is 3. The van der Waals surface area contributed by atoms with Gasteiger partial charge in [0.2, 0.25) is 5.91 Å². The highest BCUT2D eigenvalue weighted by Crippen LogP contribution is 2.30. The summed E-state index contributed by atoms with van der Waals surface area (Å²) in [7, 11) is 1.59. The molecule has 96 valence electrons. The molecule has 0 spiro atoms. The molecule has 1 heterocycles. The average Bonchev–Trinajstić information content (AvgIpc) is 2.53. The van der Waals surface area contributed by atoms with Crippen LogP contribution in [-0.2, 0) is 16.0 Å². The van der Waals surface area contributed by atoms with E-state index < -0.39 is 12.1 Å². The summed E-state index contributed by atoms with van der Waals surface area (Å²) < 4.78 is 36.2. The van der Waals surface area contributed by atoms with Gasteiger partial charge in [0, 0.05) is 18.4 Å². The molecule has 0 aromatic heterocycles. The van der Waals surface area contributed by atoms with Gasteiger partial charge in [-0.25, -0.2) is 0 Å². The van der Waals surface area contributed by atoms with Crippen LogP contribution in [0.1, 0.15) is 5.56 Å². The Morgan fingerprint density at radius 1 is 1.39 bits per heavy atom. The Labute approximate surface area is 100 Å². The minimum atomic E-state index is -4.92. The molecule has 0 aliphatic carbocycles. The molecule has 1 aromatic carbocycles. The summed E-state index contributed by atoms with van der Waals surface area (Å²) in [4.78, 5) is 23.6. The Bertz CT molecular complexity index is 526. The molecular weight excluding hydrogens is 249 g/mol. The highest BCUT2D eigenvalue weighted by Gasteiger charge is 2.38. The normalized spacial score (nSPS) is 14.7. The van der Waals surface area contributed by atoms with Crippen molar-refractivity contribution in [3.05, 3.63) is 23.8 Å². The first-order valence-electron chi connectivity index (χ1n) is 5.06. The number of nitrogens with one attached hydrogen (secondary N) is 1. The van der Waals surface area contributed by atoms with E-state index in [1.165, 1.54) is 23.1 Å². The molecule has 0 saturated heterocycles. The van der Waals surface area contributed by atoms with Crippen molar-refractivity contribution in [2.45, 2.75) is 12.6 Å². The van der Waals surface area contributed by atoms with E-state index in [1.807, 2.05) is 0 Å². The van der Waals surface area contributed by atoms with Gasteiger partial charge in [-0.2, -0.15) is 13.2 Å². The van der Waals surface area contributed by atoms with Crippen LogP contribution in [0.3, 0.4) is 0 Å². The Morgan fingerprint density at radius 3 is 2.67 bits per heavy atom. The van der Waals surface area contributed by atoms with Crippen molar-refractivity contribution in [1.29, 1.82) is 0 Å². The fraction of sp³-hybridized carbons (Fsp3) is 0.273. The van der Waals surface area contributed by atoms with Crippen molar-refractivity contribution in [3.63, 3.8) is 0 Å². The number of fused-ring (bicyclic) bond motifs is 1. The van der Waals surface area contributed by atoms with E-state index in [1.54, 1.807) is 12.4 Å². The Hall–Kier alpha value is -2.05. The number of halogens is 3. The van der Waals surface area contributed by atoms with Gasteiger partial charge in [-0.3, -0.25) is 9.59 Å². The number of amides is 2.